The third-order valence-electron chi connectivity index (χ3n) is 3.54. The molecule has 1 unspecified atom stereocenters. The van der Waals surface area contributed by atoms with Crippen LogP contribution >= 0.6 is 0 Å². The summed E-state index contributed by atoms with van der Waals surface area (Å²) in [6.45, 7) is 2.15. The summed E-state index contributed by atoms with van der Waals surface area (Å²) in [5, 5.41) is 3.04. The normalized spacial score (nSPS) is 24.1. The first-order valence-electron chi connectivity index (χ1n) is 6.37. The molecule has 1 saturated heterocycles. The smallest absolute Gasteiger partial charge is 0.224 e. The molecule has 1 aliphatic heterocycles. The van der Waals surface area contributed by atoms with E-state index in [1.807, 2.05) is 0 Å². The number of hydrogen-bond donors (Lipinski definition) is 2. The van der Waals surface area contributed by atoms with Gasteiger partial charge in [0, 0.05) is 25.8 Å². The molecule has 1 aliphatic carbocycles. The lowest BCUT2D eigenvalue weighted by Crippen LogP contribution is -2.37. The van der Waals surface area contributed by atoms with Crippen LogP contribution in [0.5, 0.6) is 0 Å². The molecule has 0 radical (unpaired) electrons. The first-order valence-corrected chi connectivity index (χ1v) is 6.37. The van der Waals surface area contributed by atoms with Gasteiger partial charge >= 0.3 is 0 Å². The first kappa shape index (κ1) is 11.9. The number of nitrogens with one attached hydrogen (secondary N) is 1. The van der Waals surface area contributed by atoms with Crippen LogP contribution in [-0.2, 0) is 9.53 Å². The van der Waals surface area contributed by atoms with E-state index in [4.69, 9.17) is 10.5 Å². The zero-order valence-electron chi connectivity index (χ0n) is 9.78. The molecule has 0 aromatic rings. The van der Waals surface area contributed by atoms with Gasteiger partial charge in [0.25, 0.3) is 0 Å². The molecule has 2 fully saturated rings. The second-order valence-electron chi connectivity index (χ2n) is 5.01. The van der Waals surface area contributed by atoms with E-state index in [9.17, 15) is 4.79 Å². The number of carbonyl (C=O) groups is 1. The Morgan fingerprint density at radius 3 is 2.56 bits per heavy atom. The molecule has 4 nitrogen and oxygen atoms in total. The molecule has 16 heavy (non-hydrogen) atoms. The van der Waals surface area contributed by atoms with Gasteiger partial charge in [0.2, 0.25) is 5.91 Å². The van der Waals surface area contributed by atoms with Crippen LogP contribution in [0.2, 0.25) is 0 Å². The molecule has 1 amide bonds. The minimum absolute atomic E-state index is 0.00343. The molecule has 2 aliphatic rings. The Labute approximate surface area is 96.9 Å². The van der Waals surface area contributed by atoms with E-state index in [2.05, 4.69) is 5.32 Å². The van der Waals surface area contributed by atoms with Crippen molar-refractivity contribution in [3.8, 4) is 0 Å². The maximum atomic E-state index is 11.9. The van der Waals surface area contributed by atoms with Gasteiger partial charge in [-0.2, -0.15) is 0 Å². The van der Waals surface area contributed by atoms with Crippen molar-refractivity contribution < 1.29 is 9.53 Å². The van der Waals surface area contributed by atoms with Gasteiger partial charge in [-0.3, -0.25) is 4.79 Å². The van der Waals surface area contributed by atoms with Gasteiger partial charge in [-0.1, -0.05) is 0 Å². The second-order valence-corrected chi connectivity index (χ2v) is 5.01. The van der Waals surface area contributed by atoms with E-state index < -0.39 is 0 Å². The van der Waals surface area contributed by atoms with Crippen molar-refractivity contribution >= 4 is 5.91 Å². The molecular formula is C12H22N2O2. The summed E-state index contributed by atoms with van der Waals surface area (Å²) in [5.41, 5.74) is 5.69. The molecule has 3 N–H and O–H groups in total. The summed E-state index contributed by atoms with van der Waals surface area (Å²) in [6.07, 6.45) is 5.36. The highest BCUT2D eigenvalue weighted by Gasteiger charge is 2.28. The van der Waals surface area contributed by atoms with Gasteiger partial charge in [0.15, 0.2) is 0 Å². The fourth-order valence-corrected chi connectivity index (χ4v) is 2.24. The SMILES string of the molecule is NCC(CC1CCOCC1)C(=O)NC1CC1. The zero-order valence-corrected chi connectivity index (χ0v) is 9.78. The highest BCUT2D eigenvalue weighted by atomic mass is 16.5. The number of amides is 1. The van der Waals surface area contributed by atoms with E-state index >= 15 is 0 Å². The third kappa shape index (κ3) is 3.46. The fraction of sp³-hybridized carbons (Fsp3) is 0.917. The van der Waals surface area contributed by atoms with Crippen LogP contribution in [0, 0.1) is 11.8 Å². The van der Waals surface area contributed by atoms with E-state index in [0.717, 1.165) is 45.3 Å². The predicted octanol–water partition coefficient (Wildman–Crippen LogP) is 0.657. The third-order valence-corrected chi connectivity index (χ3v) is 3.54. The molecule has 1 heterocycles. The highest BCUT2D eigenvalue weighted by molar-refractivity contribution is 5.79. The molecule has 2 rings (SSSR count). The summed E-state index contributed by atoms with van der Waals surface area (Å²) < 4.78 is 5.32. The molecule has 0 aromatic carbocycles. The quantitative estimate of drug-likeness (QED) is 0.723. The van der Waals surface area contributed by atoms with Crippen molar-refractivity contribution in [3.05, 3.63) is 0 Å². The molecule has 0 bridgehead atoms. The Morgan fingerprint density at radius 2 is 2.00 bits per heavy atom. The van der Waals surface area contributed by atoms with Crippen molar-refractivity contribution in [3.63, 3.8) is 0 Å². The topological polar surface area (TPSA) is 64.3 Å². The van der Waals surface area contributed by atoms with Crippen LogP contribution in [0.4, 0.5) is 0 Å². The largest absolute Gasteiger partial charge is 0.381 e. The van der Waals surface area contributed by atoms with Crippen LogP contribution in [0.3, 0.4) is 0 Å². The van der Waals surface area contributed by atoms with Crippen molar-refractivity contribution in [2.24, 2.45) is 17.6 Å². The van der Waals surface area contributed by atoms with E-state index in [1.54, 1.807) is 0 Å². The minimum atomic E-state index is 0.00343. The Hall–Kier alpha value is -0.610. The molecule has 1 saturated carbocycles. The molecule has 0 spiro atoms. The van der Waals surface area contributed by atoms with E-state index in [0.29, 0.717) is 18.5 Å². The van der Waals surface area contributed by atoms with Crippen LogP contribution < -0.4 is 11.1 Å². The Kier molecular flexibility index (Phi) is 4.18. The average molecular weight is 226 g/mol. The molecule has 1 atom stereocenters. The first-order chi connectivity index (χ1) is 7.79. The molecule has 0 aromatic heterocycles. The Morgan fingerprint density at radius 1 is 1.31 bits per heavy atom. The van der Waals surface area contributed by atoms with Gasteiger partial charge in [-0.05, 0) is 38.0 Å². The van der Waals surface area contributed by atoms with Crippen molar-refractivity contribution in [2.45, 2.75) is 38.1 Å². The number of hydrogen-bond acceptors (Lipinski definition) is 3. The monoisotopic (exact) mass is 226 g/mol. The van der Waals surface area contributed by atoms with Crippen molar-refractivity contribution in [1.82, 2.24) is 5.32 Å². The lowest BCUT2D eigenvalue weighted by molar-refractivity contribution is -0.125. The van der Waals surface area contributed by atoms with Crippen LogP contribution in [0.25, 0.3) is 0 Å². The maximum absolute atomic E-state index is 11.9. The standard InChI is InChI=1S/C12H22N2O2/c13-8-10(12(15)14-11-1-2-11)7-9-3-5-16-6-4-9/h9-11H,1-8,13H2,(H,14,15). The average Bonchev–Trinajstić information content (AvgIpc) is 3.11. The number of nitrogens with two attached hydrogens (primary N) is 1. The Bertz CT molecular complexity index is 235. The van der Waals surface area contributed by atoms with Gasteiger partial charge < -0.3 is 15.8 Å². The van der Waals surface area contributed by atoms with Gasteiger partial charge in [0.1, 0.15) is 0 Å². The molecule has 4 heteroatoms. The predicted molar refractivity (Wildman–Crippen MR) is 61.9 cm³/mol. The van der Waals surface area contributed by atoms with E-state index in [1.165, 1.54) is 0 Å². The molecular weight excluding hydrogens is 204 g/mol. The summed E-state index contributed by atoms with van der Waals surface area (Å²) >= 11 is 0. The van der Waals surface area contributed by atoms with E-state index in [-0.39, 0.29) is 11.8 Å². The lowest BCUT2D eigenvalue weighted by Gasteiger charge is -2.25. The number of rotatable bonds is 5. The van der Waals surface area contributed by atoms with Crippen LogP contribution in [-0.4, -0.2) is 31.7 Å². The fourth-order valence-electron chi connectivity index (χ4n) is 2.24. The summed E-state index contributed by atoms with van der Waals surface area (Å²) in [6, 6.07) is 0.441. The van der Waals surface area contributed by atoms with Gasteiger partial charge in [-0.15, -0.1) is 0 Å². The molecule has 92 valence electrons. The minimum Gasteiger partial charge on any atom is -0.381 e. The van der Waals surface area contributed by atoms with Crippen LogP contribution in [0.15, 0.2) is 0 Å². The zero-order chi connectivity index (χ0) is 11.4. The second kappa shape index (κ2) is 5.64. The summed E-state index contributed by atoms with van der Waals surface area (Å²) in [5.74, 6) is 0.785. The van der Waals surface area contributed by atoms with Crippen LogP contribution in [0.1, 0.15) is 32.1 Å². The van der Waals surface area contributed by atoms with Crippen molar-refractivity contribution in [1.29, 1.82) is 0 Å². The van der Waals surface area contributed by atoms with Gasteiger partial charge in [-0.25, -0.2) is 0 Å². The number of carbonyl (C=O) groups excluding carboxylic acids is 1. The summed E-state index contributed by atoms with van der Waals surface area (Å²) in [4.78, 5) is 11.9. The maximum Gasteiger partial charge on any atom is 0.224 e. The van der Waals surface area contributed by atoms with Gasteiger partial charge in [0.05, 0.1) is 5.92 Å². The lowest BCUT2D eigenvalue weighted by atomic mass is 9.88. The Balaban J connectivity index is 1.76. The summed E-state index contributed by atoms with van der Waals surface area (Å²) in [7, 11) is 0. The number of ether oxygens (including phenoxy) is 1. The van der Waals surface area contributed by atoms with Crippen molar-refractivity contribution in [2.75, 3.05) is 19.8 Å². The highest BCUT2D eigenvalue weighted by Crippen LogP contribution is 2.24.